The predicted molar refractivity (Wildman–Crippen MR) is 121 cm³/mol. The van der Waals surface area contributed by atoms with E-state index in [2.05, 4.69) is 10.5 Å². The first-order valence-corrected chi connectivity index (χ1v) is 12.5. The van der Waals surface area contributed by atoms with Crippen LogP contribution in [0, 0.1) is 0 Å². The van der Waals surface area contributed by atoms with Crippen molar-refractivity contribution in [3.63, 3.8) is 0 Å². The van der Waals surface area contributed by atoms with Crippen LogP contribution in [0.3, 0.4) is 0 Å². The van der Waals surface area contributed by atoms with E-state index in [1.165, 1.54) is 28.0 Å². The normalized spacial score (nSPS) is 24.7. The molecule has 10 nitrogen and oxygen atoms in total. The molecule has 0 aromatic carbocycles. The van der Waals surface area contributed by atoms with Crippen molar-refractivity contribution in [3.8, 4) is 0 Å². The van der Waals surface area contributed by atoms with Crippen molar-refractivity contribution in [2.75, 3.05) is 32.9 Å². The molecule has 2 fully saturated rings. The van der Waals surface area contributed by atoms with Crippen LogP contribution in [0.15, 0.2) is 33.9 Å². The fourth-order valence-corrected chi connectivity index (χ4v) is 6.19. The molecule has 3 aliphatic heterocycles. The number of β-lactam (4-membered cyclic amide) rings is 1. The summed E-state index contributed by atoms with van der Waals surface area (Å²) in [6.45, 7) is 5.95. The van der Waals surface area contributed by atoms with Gasteiger partial charge in [0.25, 0.3) is 5.91 Å². The number of rotatable bonds is 7. The standard InChI is InChI=1S/C21H26N4O6S2.Na/c1-3-31-23-18(24-6-8-30-9-7-24)15-12(2)33-20-16(19(27)25(20)17(15)21(28)29)22-14(26)11-13-5-4-10-32-13;/h4-5,10,12,16,20H,3,6-9,11H2,1-2H3,(H,22,26)(H,28,29);/q;+1/p-1/t12-,16?,20+;/m1./s1. The van der Waals surface area contributed by atoms with Gasteiger partial charge < -0.3 is 29.7 Å². The zero-order valence-electron chi connectivity index (χ0n) is 19.3. The minimum absolute atomic E-state index is 0. The Kier molecular flexibility index (Phi) is 9.47. The Morgan fingerprint density at radius 1 is 1.35 bits per heavy atom. The van der Waals surface area contributed by atoms with Crippen LogP contribution < -0.4 is 40.0 Å². The van der Waals surface area contributed by atoms with Gasteiger partial charge in [-0.15, -0.1) is 23.1 Å². The Labute approximate surface area is 228 Å². The summed E-state index contributed by atoms with van der Waals surface area (Å²) in [5, 5.41) is 20.2. The Hall–Kier alpha value is -1.57. The van der Waals surface area contributed by atoms with E-state index >= 15 is 0 Å². The summed E-state index contributed by atoms with van der Waals surface area (Å²) in [4.78, 5) is 47.0. The monoisotopic (exact) mass is 516 g/mol. The molecule has 4 heterocycles. The summed E-state index contributed by atoms with van der Waals surface area (Å²) >= 11 is 2.86. The molecule has 3 aliphatic rings. The molecule has 0 spiro atoms. The number of nitrogens with one attached hydrogen (secondary N) is 1. The smallest absolute Gasteiger partial charge is 0.543 e. The van der Waals surface area contributed by atoms with Gasteiger partial charge in [-0.25, -0.2) is 0 Å². The Balaban J connectivity index is 0.00000324. The van der Waals surface area contributed by atoms with E-state index in [1.54, 1.807) is 6.92 Å². The average Bonchev–Trinajstić information content (AvgIpc) is 3.31. The van der Waals surface area contributed by atoms with Gasteiger partial charge >= 0.3 is 29.6 Å². The largest absolute Gasteiger partial charge is 1.00 e. The van der Waals surface area contributed by atoms with Crippen LogP contribution in [0.5, 0.6) is 0 Å². The molecule has 1 aromatic heterocycles. The summed E-state index contributed by atoms with van der Waals surface area (Å²) < 4.78 is 5.41. The quantitative estimate of drug-likeness (QED) is 0.132. The summed E-state index contributed by atoms with van der Waals surface area (Å²) in [5.74, 6) is -1.85. The second-order valence-electron chi connectivity index (χ2n) is 7.66. The van der Waals surface area contributed by atoms with Crippen molar-refractivity contribution in [3.05, 3.63) is 33.7 Å². The number of morpholine rings is 1. The number of hydrogen-bond acceptors (Lipinski definition) is 9. The summed E-state index contributed by atoms with van der Waals surface area (Å²) in [6.07, 6.45) is 0.172. The number of carboxylic acids is 1. The van der Waals surface area contributed by atoms with E-state index < -0.39 is 23.3 Å². The number of thiophene rings is 1. The summed E-state index contributed by atoms with van der Waals surface area (Å²) in [6, 6.07) is 2.91. The number of carbonyl (C=O) groups is 3. The van der Waals surface area contributed by atoms with E-state index in [4.69, 9.17) is 9.57 Å². The number of oxime groups is 1. The number of thioether (sulfide) groups is 1. The van der Waals surface area contributed by atoms with Crippen molar-refractivity contribution < 1.29 is 58.6 Å². The van der Waals surface area contributed by atoms with Crippen LogP contribution >= 0.6 is 23.1 Å². The molecule has 1 unspecified atom stereocenters. The van der Waals surface area contributed by atoms with Gasteiger partial charge in [0.05, 0.1) is 31.3 Å². The van der Waals surface area contributed by atoms with Crippen LogP contribution in [0.25, 0.3) is 0 Å². The molecule has 1 N–H and O–H groups in total. The third-order valence-corrected chi connectivity index (χ3v) is 7.83. The predicted octanol–water partition coefficient (Wildman–Crippen LogP) is -3.23. The molecule has 4 rings (SSSR count). The number of ether oxygens (including phenoxy) is 1. The molecule has 2 saturated heterocycles. The Morgan fingerprint density at radius 2 is 2.09 bits per heavy atom. The van der Waals surface area contributed by atoms with Crippen LogP contribution in [0.1, 0.15) is 18.7 Å². The van der Waals surface area contributed by atoms with Gasteiger partial charge in [-0.1, -0.05) is 11.2 Å². The van der Waals surface area contributed by atoms with Crippen LogP contribution in [0.4, 0.5) is 0 Å². The van der Waals surface area contributed by atoms with Gasteiger partial charge in [0.2, 0.25) is 5.91 Å². The van der Waals surface area contributed by atoms with Gasteiger partial charge in [0, 0.05) is 28.8 Å². The van der Waals surface area contributed by atoms with Gasteiger partial charge in [-0.3, -0.25) is 14.5 Å². The number of hydrogen-bond donors (Lipinski definition) is 1. The number of amides is 2. The molecule has 2 amide bonds. The maximum absolute atomic E-state index is 13.0. The number of aliphatic carboxylic acids is 1. The second kappa shape index (κ2) is 11.9. The molecular weight excluding hydrogens is 491 g/mol. The Bertz CT molecular complexity index is 980. The zero-order valence-corrected chi connectivity index (χ0v) is 22.9. The van der Waals surface area contributed by atoms with Crippen LogP contribution in [-0.4, -0.2) is 83.0 Å². The first-order chi connectivity index (χ1) is 15.9. The Morgan fingerprint density at radius 3 is 2.71 bits per heavy atom. The first kappa shape index (κ1) is 27.0. The molecule has 0 saturated carbocycles. The number of fused-ring (bicyclic) bond motifs is 1. The van der Waals surface area contributed by atoms with Gasteiger partial charge in [0.1, 0.15) is 18.0 Å². The summed E-state index contributed by atoms with van der Waals surface area (Å²) in [7, 11) is 0. The molecule has 1 aromatic rings. The van der Waals surface area contributed by atoms with Gasteiger partial charge in [-0.05, 0) is 25.3 Å². The molecular formula is C21H25N4NaO6S2. The molecule has 3 atom stereocenters. The third-order valence-electron chi connectivity index (χ3n) is 5.55. The van der Waals surface area contributed by atoms with E-state index in [9.17, 15) is 19.5 Å². The van der Waals surface area contributed by atoms with Crippen molar-refractivity contribution in [2.24, 2.45) is 5.16 Å². The molecule has 0 radical (unpaired) electrons. The minimum atomic E-state index is -1.46. The first-order valence-electron chi connectivity index (χ1n) is 10.7. The fourth-order valence-electron chi connectivity index (χ4n) is 4.04. The van der Waals surface area contributed by atoms with Crippen LogP contribution in [0.2, 0.25) is 0 Å². The van der Waals surface area contributed by atoms with Crippen molar-refractivity contribution in [2.45, 2.75) is 36.9 Å². The average molecular weight is 517 g/mol. The molecule has 0 bridgehead atoms. The maximum atomic E-state index is 13.0. The summed E-state index contributed by atoms with van der Waals surface area (Å²) in [5.41, 5.74) is 0.160. The second-order valence-corrected chi connectivity index (χ2v) is 10.2. The molecule has 178 valence electrons. The number of carbonyl (C=O) groups excluding carboxylic acids is 3. The van der Waals surface area contributed by atoms with E-state index in [0.717, 1.165) is 4.88 Å². The van der Waals surface area contributed by atoms with Crippen molar-refractivity contribution >= 4 is 46.7 Å². The number of amidine groups is 1. The third kappa shape index (κ3) is 5.47. The SMILES string of the molecule is CCON=C(C1=C(C(=O)[O-])N2C(=O)C(NC(=O)Cc3cccs3)[C@@H]2S[C@@H]1C)N1CCOCC1.[Na+]. The minimum Gasteiger partial charge on any atom is -0.543 e. The van der Waals surface area contributed by atoms with E-state index in [1.807, 2.05) is 29.3 Å². The van der Waals surface area contributed by atoms with Gasteiger partial charge in [0.15, 0.2) is 5.84 Å². The molecule has 34 heavy (non-hydrogen) atoms. The van der Waals surface area contributed by atoms with E-state index in [-0.39, 0.29) is 52.8 Å². The fraction of sp³-hybridized carbons (Fsp3) is 0.524. The number of nitrogens with zero attached hydrogens (tertiary/aromatic N) is 3. The van der Waals surface area contributed by atoms with Crippen molar-refractivity contribution in [1.29, 1.82) is 0 Å². The molecule has 0 aliphatic carbocycles. The molecule has 13 heteroatoms. The topological polar surface area (TPSA) is 124 Å². The van der Waals surface area contributed by atoms with Crippen LogP contribution in [-0.2, 0) is 30.4 Å². The number of carboxylic acid groups (broad SMARTS) is 1. The van der Waals surface area contributed by atoms with Gasteiger partial charge in [-0.2, -0.15) is 0 Å². The zero-order chi connectivity index (χ0) is 23.5. The van der Waals surface area contributed by atoms with E-state index in [0.29, 0.717) is 44.3 Å². The maximum Gasteiger partial charge on any atom is 1.00 e. The van der Waals surface area contributed by atoms with Crippen molar-refractivity contribution in [1.82, 2.24) is 15.1 Å².